The molecule has 0 atom stereocenters. The fraction of sp³-hybridized carbons (Fsp3) is 0.176. The minimum atomic E-state index is -0.105. The second-order valence-electron chi connectivity index (χ2n) is 4.97. The summed E-state index contributed by atoms with van der Waals surface area (Å²) in [4.78, 5) is 12.0. The number of rotatable bonds is 6. The second kappa shape index (κ2) is 6.87. The number of fused-ring (bicyclic) bond motifs is 1. The van der Waals surface area contributed by atoms with Crippen LogP contribution in [-0.4, -0.2) is 29.3 Å². The van der Waals surface area contributed by atoms with Crippen LogP contribution >= 0.6 is 0 Å². The van der Waals surface area contributed by atoms with Gasteiger partial charge in [-0.1, -0.05) is 30.3 Å². The predicted octanol–water partition coefficient (Wildman–Crippen LogP) is 2.51. The monoisotopic (exact) mass is 295 g/mol. The number of nitrogens with zero attached hydrogens (tertiary/aromatic N) is 1. The first kappa shape index (κ1) is 14.3. The maximum absolute atomic E-state index is 12.0. The largest absolute Gasteiger partial charge is 0.375 e. The Morgan fingerprint density at radius 2 is 2.05 bits per heavy atom. The molecule has 0 spiro atoms. The lowest BCUT2D eigenvalue weighted by atomic mass is 10.1. The van der Waals surface area contributed by atoms with E-state index in [1.54, 1.807) is 12.3 Å². The molecule has 5 heteroatoms. The number of benzene rings is 2. The standard InChI is InChI=1S/C17H17N3O2/c21-17(14-6-7-16-15(10-14)11-19-20-16)18-8-9-22-12-13-4-2-1-3-5-13/h1-7,10-11H,8-9,12H2,(H,18,21)(H,19,20). The van der Waals surface area contributed by atoms with E-state index in [1.807, 2.05) is 42.5 Å². The molecule has 1 amide bonds. The highest BCUT2D eigenvalue weighted by molar-refractivity contribution is 5.97. The number of nitrogens with one attached hydrogen (secondary N) is 2. The Labute approximate surface area is 128 Å². The summed E-state index contributed by atoms with van der Waals surface area (Å²) in [5, 5.41) is 10.6. The summed E-state index contributed by atoms with van der Waals surface area (Å²) < 4.78 is 5.53. The number of hydrogen-bond acceptors (Lipinski definition) is 3. The van der Waals surface area contributed by atoms with Gasteiger partial charge in [0.1, 0.15) is 0 Å². The zero-order chi connectivity index (χ0) is 15.2. The fourth-order valence-corrected chi connectivity index (χ4v) is 2.19. The van der Waals surface area contributed by atoms with Crippen LogP contribution in [0.3, 0.4) is 0 Å². The lowest BCUT2D eigenvalue weighted by Crippen LogP contribution is -2.27. The van der Waals surface area contributed by atoms with Crippen molar-refractivity contribution in [1.29, 1.82) is 0 Å². The molecule has 0 fully saturated rings. The average Bonchev–Trinajstić information content (AvgIpc) is 3.03. The SMILES string of the molecule is O=C(NCCOCc1ccccc1)c1ccc2[nH]ncc2c1. The Morgan fingerprint density at radius 3 is 2.91 bits per heavy atom. The van der Waals surface area contributed by atoms with Crippen LogP contribution in [-0.2, 0) is 11.3 Å². The summed E-state index contributed by atoms with van der Waals surface area (Å²) >= 11 is 0. The van der Waals surface area contributed by atoms with Crippen LogP contribution in [0.2, 0.25) is 0 Å². The molecule has 1 heterocycles. The minimum Gasteiger partial charge on any atom is -0.375 e. The van der Waals surface area contributed by atoms with Gasteiger partial charge in [-0.3, -0.25) is 9.89 Å². The van der Waals surface area contributed by atoms with E-state index in [2.05, 4.69) is 15.5 Å². The van der Waals surface area contributed by atoms with Gasteiger partial charge in [-0.15, -0.1) is 0 Å². The Hall–Kier alpha value is -2.66. The van der Waals surface area contributed by atoms with Gasteiger partial charge in [0.05, 0.1) is 24.9 Å². The average molecular weight is 295 g/mol. The second-order valence-corrected chi connectivity index (χ2v) is 4.97. The number of carbonyl (C=O) groups is 1. The zero-order valence-corrected chi connectivity index (χ0v) is 12.1. The first-order chi connectivity index (χ1) is 10.8. The van der Waals surface area contributed by atoms with Gasteiger partial charge in [0, 0.05) is 17.5 Å². The van der Waals surface area contributed by atoms with Gasteiger partial charge in [0.2, 0.25) is 0 Å². The van der Waals surface area contributed by atoms with Crippen molar-refractivity contribution in [3.8, 4) is 0 Å². The summed E-state index contributed by atoms with van der Waals surface area (Å²) in [6, 6.07) is 15.4. The molecular formula is C17H17N3O2. The van der Waals surface area contributed by atoms with Gasteiger partial charge in [0.15, 0.2) is 0 Å². The van der Waals surface area contributed by atoms with Gasteiger partial charge in [-0.05, 0) is 23.8 Å². The van der Waals surface area contributed by atoms with Crippen LogP contribution in [0.25, 0.3) is 10.9 Å². The summed E-state index contributed by atoms with van der Waals surface area (Å²) in [7, 11) is 0. The fourth-order valence-electron chi connectivity index (χ4n) is 2.19. The quantitative estimate of drug-likeness (QED) is 0.687. The molecular weight excluding hydrogens is 278 g/mol. The molecule has 22 heavy (non-hydrogen) atoms. The Balaban J connectivity index is 1.44. The summed E-state index contributed by atoms with van der Waals surface area (Å²) in [5.74, 6) is -0.105. The van der Waals surface area contributed by atoms with E-state index in [0.29, 0.717) is 25.3 Å². The predicted molar refractivity (Wildman–Crippen MR) is 84.5 cm³/mol. The van der Waals surface area contributed by atoms with E-state index in [4.69, 9.17) is 4.74 Å². The van der Waals surface area contributed by atoms with Crippen molar-refractivity contribution in [2.24, 2.45) is 0 Å². The number of hydrogen-bond donors (Lipinski definition) is 2. The lowest BCUT2D eigenvalue weighted by molar-refractivity contribution is 0.0901. The third-order valence-corrected chi connectivity index (χ3v) is 3.35. The van der Waals surface area contributed by atoms with Crippen molar-refractivity contribution in [2.75, 3.05) is 13.2 Å². The molecule has 0 radical (unpaired) electrons. The molecule has 0 aliphatic rings. The molecule has 0 aliphatic heterocycles. The topological polar surface area (TPSA) is 67.0 Å². The number of ether oxygens (including phenoxy) is 1. The highest BCUT2D eigenvalue weighted by atomic mass is 16.5. The number of aromatic amines is 1. The van der Waals surface area contributed by atoms with Crippen molar-refractivity contribution in [3.05, 3.63) is 65.9 Å². The van der Waals surface area contributed by atoms with E-state index in [9.17, 15) is 4.79 Å². The van der Waals surface area contributed by atoms with Crippen molar-refractivity contribution in [1.82, 2.24) is 15.5 Å². The summed E-state index contributed by atoms with van der Waals surface area (Å²) in [6.45, 7) is 1.52. The minimum absolute atomic E-state index is 0.105. The molecule has 0 bridgehead atoms. The van der Waals surface area contributed by atoms with Crippen LogP contribution in [0.1, 0.15) is 15.9 Å². The molecule has 0 saturated heterocycles. The molecule has 0 aliphatic carbocycles. The normalized spacial score (nSPS) is 10.7. The van der Waals surface area contributed by atoms with Crippen LogP contribution < -0.4 is 5.32 Å². The molecule has 1 aromatic heterocycles. The number of H-pyrrole nitrogens is 1. The summed E-state index contributed by atoms with van der Waals surface area (Å²) in [5.41, 5.74) is 2.67. The zero-order valence-electron chi connectivity index (χ0n) is 12.1. The van der Waals surface area contributed by atoms with Gasteiger partial charge < -0.3 is 10.1 Å². The number of carbonyl (C=O) groups excluding carboxylic acids is 1. The van der Waals surface area contributed by atoms with Crippen molar-refractivity contribution in [3.63, 3.8) is 0 Å². The molecule has 2 N–H and O–H groups in total. The van der Waals surface area contributed by atoms with Crippen LogP contribution in [0.4, 0.5) is 0 Å². The third kappa shape index (κ3) is 3.51. The maximum atomic E-state index is 12.0. The number of amides is 1. The lowest BCUT2D eigenvalue weighted by Gasteiger charge is -2.07. The molecule has 5 nitrogen and oxygen atoms in total. The van der Waals surface area contributed by atoms with Crippen LogP contribution in [0.5, 0.6) is 0 Å². The van der Waals surface area contributed by atoms with E-state index >= 15 is 0 Å². The maximum Gasteiger partial charge on any atom is 0.251 e. The molecule has 0 unspecified atom stereocenters. The first-order valence-electron chi connectivity index (χ1n) is 7.16. The molecule has 3 rings (SSSR count). The molecule has 2 aromatic carbocycles. The molecule has 112 valence electrons. The number of aromatic nitrogens is 2. The van der Waals surface area contributed by atoms with E-state index in [0.717, 1.165) is 16.5 Å². The summed E-state index contributed by atoms with van der Waals surface area (Å²) in [6.07, 6.45) is 1.70. The van der Waals surface area contributed by atoms with Crippen LogP contribution in [0, 0.1) is 0 Å². The van der Waals surface area contributed by atoms with Crippen molar-refractivity contribution >= 4 is 16.8 Å². The van der Waals surface area contributed by atoms with Crippen molar-refractivity contribution in [2.45, 2.75) is 6.61 Å². The Morgan fingerprint density at radius 1 is 1.18 bits per heavy atom. The van der Waals surface area contributed by atoms with Gasteiger partial charge in [-0.25, -0.2) is 0 Å². The Bertz CT molecular complexity index is 753. The first-order valence-corrected chi connectivity index (χ1v) is 7.16. The van der Waals surface area contributed by atoms with Gasteiger partial charge in [0.25, 0.3) is 5.91 Å². The van der Waals surface area contributed by atoms with E-state index in [-0.39, 0.29) is 5.91 Å². The van der Waals surface area contributed by atoms with Gasteiger partial charge in [-0.2, -0.15) is 5.10 Å². The van der Waals surface area contributed by atoms with E-state index < -0.39 is 0 Å². The highest BCUT2D eigenvalue weighted by Gasteiger charge is 2.06. The van der Waals surface area contributed by atoms with Crippen LogP contribution in [0.15, 0.2) is 54.7 Å². The third-order valence-electron chi connectivity index (χ3n) is 3.35. The smallest absolute Gasteiger partial charge is 0.251 e. The van der Waals surface area contributed by atoms with Crippen molar-refractivity contribution < 1.29 is 9.53 Å². The molecule has 3 aromatic rings. The van der Waals surface area contributed by atoms with Gasteiger partial charge >= 0.3 is 0 Å². The molecule has 0 saturated carbocycles. The Kier molecular flexibility index (Phi) is 4.46. The van der Waals surface area contributed by atoms with E-state index in [1.165, 1.54) is 0 Å². The highest BCUT2D eigenvalue weighted by Crippen LogP contribution is 2.12.